The Labute approximate surface area is 117 Å². The van der Waals surface area contributed by atoms with Crippen LogP contribution in [-0.2, 0) is 7.05 Å². The number of aryl methyl sites for hydroxylation is 2. The molecule has 19 heavy (non-hydrogen) atoms. The highest BCUT2D eigenvalue weighted by Crippen LogP contribution is 2.40. The van der Waals surface area contributed by atoms with Gasteiger partial charge in [0.05, 0.1) is 5.69 Å². The van der Waals surface area contributed by atoms with E-state index in [1.165, 1.54) is 25.7 Å². The van der Waals surface area contributed by atoms with Gasteiger partial charge in [-0.05, 0) is 26.0 Å². The standard InChI is InChI=1S/C13H21N3O2S/c1-9-10(12(17)18)11(16(2)15-9)14-8-13(19-3)6-4-5-7-13/h14H,4-8H2,1-3H3,(H,17,18). The molecular weight excluding hydrogens is 262 g/mol. The highest BCUT2D eigenvalue weighted by atomic mass is 32.2. The van der Waals surface area contributed by atoms with Crippen LogP contribution < -0.4 is 5.32 Å². The second-order valence-electron chi connectivity index (χ2n) is 5.19. The second kappa shape index (κ2) is 5.45. The van der Waals surface area contributed by atoms with Crippen LogP contribution in [0.15, 0.2) is 0 Å². The first kappa shape index (κ1) is 14.2. The highest BCUT2D eigenvalue weighted by Gasteiger charge is 2.33. The molecule has 1 heterocycles. The molecule has 0 radical (unpaired) electrons. The molecule has 0 spiro atoms. The van der Waals surface area contributed by atoms with Gasteiger partial charge in [-0.25, -0.2) is 4.79 Å². The third kappa shape index (κ3) is 2.73. The number of nitrogens with zero attached hydrogens (tertiary/aromatic N) is 2. The minimum Gasteiger partial charge on any atom is -0.477 e. The molecule has 0 unspecified atom stereocenters. The first-order chi connectivity index (χ1) is 8.99. The van der Waals surface area contributed by atoms with Gasteiger partial charge in [0.2, 0.25) is 0 Å². The van der Waals surface area contributed by atoms with Crippen molar-refractivity contribution in [3.05, 3.63) is 11.3 Å². The predicted molar refractivity (Wildman–Crippen MR) is 78.1 cm³/mol. The average molecular weight is 283 g/mol. The van der Waals surface area contributed by atoms with Gasteiger partial charge in [-0.2, -0.15) is 16.9 Å². The fourth-order valence-corrected chi connectivity index (χ4v) is 3.75. The number of aromatic carboxylic acids is 1. The van der Waals surface area contributed by atoms with Gasteiger partial charge >= 0.3 is 5.97 Å². The Kier molecular flexibility index (Phi) is 4.08. The van der Waals surface area contributed by atoms with E-state index in [1.807, 2.05) is 11.8 Å². The van der Waals surface area contributed by atoms with Crippen LogP contribution in [0.4, 0.5) is 5.82 Å². The van der Waals surface area contributed by atoms with Crippen LogP contribution in [0.1, 0.15) is 41.7 Å². The lowest BCUT2D eigenvalue weighted by atomic mass is 10.1. The minimum atomic E-state index is -0.919. The van der Waals surface area contributed by atoms with Crippen molar-refractivity contribution in [1.29, 1.82) is 0 Å². The molecule has 2 N–H and O–H groups in total. The van der Waals surface area contributed by atoms with E-state index < -0.39 is 5.97 Å². The van der Waals surface area contributed by atoms with E-state index in [4.69, 9.17) is 0 Å². The maximum absolute atomic E-state index is 11.3. The Morgan fingerprint density at radius 3 is 2.68 bits per heavy atom. The van der Waals surface area contributed by atoms with Gasteiger partial charge in [0.15, 0.2) is 0 Å². The van der Waals surface area contributed by atoms with Gasteiger partial charge < -0.3 is 10.4 Å². The molecule has 0 atom stereocenters. The Morgan fingerprint density at radius 2 is 2.16 bits per heavy atom. The molecule has 6 heteroatoms. The van der Waals surface area contributed by atoms with Crippen molar-refractivity contribution in [2.24, 2.45) is 7.05 Å². The molecule has 0 saturated heterocycles. The summed E-state index contributed by atoms with van der Waals surface area (Å²) in [5.41, 5.74) is 0.846. The lowest BCUT2D eigenvalue weighted by molar-refractivity contribution is 0.0697. The number of nitrogens with one attached hydrogen (secondary N) is 1. The Bertz CT molecular complexity index is 478. The average Bonchev–Trinajstić information content (AvgIpc) is 2.92. The zero-order valence-electron chi connectivity index (χ0n) is 11.7. The molecule has 1 aromatic heterocycles. The Hall–Kier alpha value is -1.17. The molecular formula is C13H21N3O2S. The van der Waals surface area contributed by atoms with E-state index >= 15 is 0 Å². The third-order valence-corrected chi connectivity index (χ3v) is 5.38. The molecule has 1 fully saturated rings. The summed E-state index contributed by atoms with van der Waals surface area (Å²) in [5.74, 6) is -0.303. The molecule has 0 aromatic carbocycles. The van der Waals surface area contributed by atoms with Crippen molar-refractivity contribution < 1.29 is 9.90 Å². The zero-order valence-corrected chi connectivity index (χ0v) is 12.5. The van der Waals surface area contributed by atoms with Crippen LogP contribution in [0.5, 0.6) is 0 Å². The number of hydrogen-bond donors (Lipinski definition) is 2. The monoisotopic (exact) mass is 283 g/mol. The van der Waals surface area contributed by atoms with Crippen LogP contribution >= 0.6 is 11.8 Å². The maximum Gasteiger partial charge on any atom is 0.341 e. The van der Waals surface area contributed by atoms with E-state index in [-0.39, 0.29) is 10.3 Å². The number of aromatic nitrogens is 2. The third-order valence-electron chi connectivity index (χ3n) is 3.96. The number of carboxylic acid groups (broad SMARTS) is 1. The Balaban J connectivity index is 2.17. The van der Waals surface area contributed by atoms with Crippen LogP contribution in [-0.4, -0.2) is 38.4 Å². The maximum atomic E-state index is 11.3. The van der Waals surface area contributed by atoms with Crippen molar-refractivity contribution in [2.45, 2.75) is 37.4 Å². The van der Waals surface area contributed by atoms with Gasteiger partial charge in [0.25, 0.3) is 0 Å². The number of hydrogen-bond acceptors (Lipinski definition) is 4. The zero-order chi connectivity index (χ0) is 14.0. The molecule has 2 rings (SSSR count). The SMILES string of the molecule is CSC1(CNc2c(C(=O)O)c(C)nn2C)CCCC1. The smallest absolute Gasteiger partial charge is 0.341 e. The summed E-state index contributed by atoms with van der Waals surface area (Å²) in [6.45, 7) is 2.53. The summed E-state index contributed by atoms with van der Waals surface area (Å²) < 4.78 is 1.87. The number of rotatable bonds is 5. The quantitative estimate of drug-likeness (QED) is 0.869. The number of anilines is 1. The summed E-state index contributed by atoms with van der Waals surface area (Å²) in [7, 11) is 1.78. The summed E-state index contributed by atoms with van der Waals surface area (Å²) in [5, 5.41) is 16.8. The van der Waals surface area contributed by atoms with E-state index in [1.54, 1.807) is 18.7 Å². The van der Waals surface area contributed by atoms with Crippen LogP contribution in [0.3, 0.4) is 0 Å². The van der Waals surface area contributed by atoms with Crippen molar-refractivity contribution in [1.82, 2.24) is 9.78 Å². The molecule has 0 bridgehead atoms. The summed E-state index contributed by atoms with van der Waals surface area (Å²) in [4.78, 5) is 11.3. The molecule has 1 aliphatic carbocycles. The van der Waals surface area contributed by atoms with Gasteiger partial charge in [-0.15, -0.1) is 0 Å². The predicted octanol–water partition coefficient (Wildman–Crippen LogP) is 2.51. The number of carbonyl (C=O) groups is 1. The first-order valence-electron chi connectivity index (χ1n) is 6.55. The largest absolute Gasteiger partial charge is 0.477 e. The number of carboxylic acids is 1. The van der Waals surface area contributed by atoms with Crippen molar-refractivity contribution in [3.8, 4) is 0 Å². The summed E-state index contributed by atoms with van der Waals surface area (Å²) in [6, 6.07) is 0. The second-order valence-corrected chi connectivity index (χ2v) is 6.46. The lowest BCUT2D eigenvalue weighted by Crippen LogP contribution is -2.31. The van der Waals surface area contributed by atoms with Gasteiger partial charge in [0.1, 0.15) is 11.4 Å². The molecule has 1 aromatic rings. The van der Waals surface area contributed by atoms with Gasteiger partial charge in [-0.1, -0.05) is 12.8 Å². The molecule has 1 saturated carbocycles. The first-order valence-corrected chi connectivity index (χ1v) is 7.77. The fraction of sp³-hybridized carbons (Fsp3) is 0.692. The Morgan fingerprint density at radius 1 is 1.53 bits per heavy atom. The summed E-state index contributed by atoms with van der Waals surface area (Å²) in [6.07, 6.45) is 7.05. The normalized spacial score (nSPS) is 17.6. The van der Waals surface area contributed by atoms with E-state index in [0.717, 1.165) is 6.54 Å². The minimum absolute atomic E-state index is 0.244. The highest BCUT2D eigenvalue weighted by molar-refractivity contribution is 8.00. The van der Waals surface area contributed by atoms with Crippen LogP contribution in [0.25, 0.3) is 0 Å². The van der Waals surface area contributed by atoms with Crippen molar-refractivity contribution in [2.75, 3.05) is 18.1 Å². The van der Waals surface area contributed by atoms with E-state index in [2.05, 4.69) is 16.7 Å². The van der Waals surface area contributed by atoms with Crippen LogP contribution in [0, 0.1) is 6.92 Å². The van der Waals surface area contributed by atoms with E-state index in [9.17, 15) is 9.90 Å². The molecule has 5 nitrogen and oxygen atoms in total. The lowest BCUT2D eigenvalue weighted by Gasteiger charge is -2.27. The molecule has 0 aliphatic heterocycles. The van der Waals surface area contributed by atoms with Gasteiger partial charge in [-0.3, -0.25) is 4.68 Å². The van der Waals surface area contributed by atoms with Crippen LogP contribution in [0.2, 0.25) is 0 Å². The van der Waals surface area contributed by atoms with Crippen molar-refractivity contribution in [3.63, 3.8) is 0 Å². The van der Waals surface area contributed by atoms with Crippen molar-refractivity contribution >= 4 is 23.5 Å². The molecule has 1 aliphatic rings. The molecule has 0 amide bonds. The van der Waals surface area contributed by atoms with Gasteiger partial charge in [0, 0.05) is 18.3 Å². The topological polar surface area (TPSA) is 67.2 Å². The number of thioether (sulfide) groups is 1. The summed E-state index contributed by atoms with van der Waals surface area (Å²) >= 11 is 1.89. The fourth-order valence-electron chi connectivity index (χ4n) is 2.83. The van der Waals surface area contributed by atoms with E-state index in [0.29, 0.717) is 11.5 Å². The molecule has 106 valence electrons.